The van der Waals surface area contributed by atoms with Crippen molar-refractivity contribution < 1.29 is 9.53 Å². The summed E-state index contributed by atoms with van der Waals surface area (Å²) in [5.74, 6) is 0.202. The van der Waals surface area contributed by atoms with Gasteiger partial charge in [-0.3, -0.25) is 4.79 Å². The number of ether oxygens (including phenoxy) is 1. The minimum Gasteiger partial charge on any atom is -0.370 e. The van der Waals surface area contributed by atoms with Gasteiger partial charge in [0.1, 0.15) is 6.10 Å². The quantitative estimate of drug-likeness (QED) is 0.768. The lowest BCUT2D eigenvalue weighted by atomic mass is 9.85. The molecule has 0 amide bonds. The molecule has 0 bridgehead atoms. The lowest BCUT2D eigenvalue weighted by Crippen LogP contribution is -2.37. The second kappa shape index (κ2) is 6.69. The highest BCUT2D eigenvalue weighted by Crippen LogP contribution is 2.24. The Kier molecular flexibility index (Phi) is 5.54. The monoisotopic (exact) mass is 248 g/mol. The van der Waals surface area contributed by atoms with Crippen molar-refractivity contribution in [3.63, 3.8) is 0 Å². The lowest BCUT2D eigenvalue weighted by molar-refractivity contribution is -0.137. The van der Waals surface area contributed by atoms with Crippen LogP contribution in [0.1, 0.15) is 39.7 Å². The SMILES string of the molecule is CCOC(C(=O)CCc1ccccc1)C(C)(C)C. The van der Waals surface area contributed by atoms with Crippen molar-refractivity contribution >= 4 is 5.78 Å². The Morgan fingerprint density at radius 1 is 1.22 bits per heavy atom. The molecule has 0 aliphatic carbocycles. The van der Waals surface area contributed by atoms with Gasteiger partial charge in [-0.05, 0) is 24.3 Å². The molecule has 1 rings (SSSR count). The van der Waals surface area contributed by atoms with Crippen LogP contribution in [0.5, 0.6) is 0 Å². The molecule has 0 N–H and O–H groups in total. The van der Waals surface area contributed by atoms with Crippen LogP contribution in [0.15, 0.2) is 30.3 Å². The maximum Gasteiger partial charge on any atom is 0.162 e. The van der Waals surface area contributed by atoms with E-state index in [2.05, 4.69) is 12.1 Å². The predicted octanol–water partition coefficient (Wildman–Crippen LogP) is 3.64. The van der Waals surface area contributed by atoms with E-state index in [1.165, 1.54) is 5.56 Å². The van der Waals surface area contributed by atoms with E-state index < -0.39 is 0 Å². The van der Waals surface area contributed by atoms with Gasteiger partial charge in [-0.1, -0.05) is 51.1 Å². The number of aryl methyl sites for hydroxylation is 1. The van der Waals surface area contributed by atoms with E-state index >= 15 is 0 Å². The Hall–Kier alpha value is -1.15. The lowest BCUT2D eigenvalue weighted by Gasteiger charge is -2.29. The summed E-state index contributed by atoms with van der Waals surface area (Å²) in [4.78, 5) is 12.2. The van der Waals surface area contributed by atoms with Crippen LogP contribution in [0.3, 0.4) is 0 Å². The van der Waals surface area contributed by atoms with E-state index in [9.17, 15) is 4.79 Å². The van der Waals surface area contributed by atoms with Crippen molar-refractivity contribution in [1.29, 1.82) is 0 Å². The first-order chi connectivity index (χ1) is 8.45. The molecule has 0 aliphatic heterocycles. The van der Waals surface area contributed by atoms with Gasteiger partial charge in [-0.15, -0.1) is 0 Å². The number of rotatable bonds is 6. The molecular weight excluding hydrogens is 224 g/mol. The van der Waals surface area contributed by atoms with Crippen molar-refractivity contribution in [1.82, 2.24) is 0 Å². The number of carbonyl (C=O) groups excluding carboxylic acids is 1. The molecule has 18 heavy (non-hydrogen) atoms. The van der Waals surface area contributed by atoms with Gasteiger partial charge < -0.3 is 4.74 Å². The summed E-state index contributed by atoms with van der Waals surface area (Å²) in [7, 11) is 0. The summed E-state index contributed by atoms with van der Waals surface area (Å²) in [6.45, 7) is 8.66. The summed E-state index contributed by atoms with van der Waals surface area (Å²) in [6, 6.07) is 10.1. The molecule has 0 spiro atoms. The minimum atomic E-state index is -0.300. The molecule has 0 heterocycles. The largest absolute Gasteiger partial charge is 0.370 e. The summed E-state index contributed by atoms with van der Waals surface area (Å²) < 4.78 is 5.61. The average molecular weight is 248 g/mol. The number of hydrogen-bond acceptors (Lipinski definition) is 2. The van der Waals surface area contributed by atoms with Crippen LogP contribution in [-0.4, -0.2) is 18.5 Å². The van der Waals surface area contributed by atoms with Crippen LogP contribution in [0.4, 0.5) is 0 Å². The molecule has 0 aliphatic rings. The number of benzene rings is 1. The molecule has 2 heteroatoms. The number of Topliss-reactive ketones (excluding diaryl/α,β-unsaturated/α-hetero) is 1. The topological polar surface area (TPSA) is 26.3 Å². The number of carbonyl (C=O) groups is 1. The van der Waals surface area contributed by atoms with Gasteiger partial charge in [0, 0.05) is 13.0 Å². The van der Waals surface area contributed by atoms with E-state index in [4.69, 9.17) is 4.74 Å². The molecule has 2 nitrogen and oxygen atoms in total. The molecule has 0 saturated heterocycles. The van der Waals surface area contributed by atoms with E-state index in [1.54, 1.807) is 0 Å². The predicted molar refractivity (Wildman–Crippen MR) is 74.6 cm³/mol. The van der Waals surface area contributed by atoms with Gasteiger partial charge >= 0.3 is 0 Å². The molecule has 1 aromatic carbocycles. The molecule has 100 valence electrons. The third-order valence-corrected chi connectivity index (χ3v) is 2.92. The third-order valence-electron chi connectivity index (χ3n) is 2.92. The Bertz CT molecular complexity index is 362. The Morgan fingerprint density at radius 2 is 1.83 bits per heavy atom. The van der Waals surface area contributed by atoms with Crippen molar-refractivity contribution in [2.24, 2.45) is 5.41 Å². The fourth-order valence-electron chi connectivity index (χ4n) is 2.04. The van der Waals surface area contributed by atoms with Crippen molar-refractivity contribution in [2.75, 3.05) is 6.61 Å². The standard InChI is InChI=1S/C16H24O2/c1-5-18-15(16(2,3)4)14(17)12-11-13-9-7-6-8-10-13/h6-10,15H,5,11-12H2,1-4H3. The van der Waals surface area contributed by atoms with Gasteiger partial charge in [0.2, 0.25) is 0 Å². The molecule has 1 atom stereocenters. The van der Waals surface area contributed by atoms with E-state index in [-0.39, 0.29) is 17.3 Å². The summed E-state index contributed by atoms with van der Waals surface area (Å²) in [6.07, 6.45) is 1.04. The van der Waals surface area contributed by atoms with Gasteiger partial charge in [-0.25, -0.2) is 0 Å². The fraction of sp³-hybridized carbons (Fsp3) is 0.562. The maximum absolute atomic E-state index is 12.2. The smallest absolute Gasteiger partial charge is 0.162 e. The first-order valence-electron chi connectivity index (χ1n) is 6.63. The highest BCUT2D eigenvalue weighted by atomic mass is 16.5. The molecule has 0 aromatic heterocycles. The Morgan fingerprint density at radius 3 is 2.33 bits per heavy atom. The molecule has 0 radical (unpaired) electrons. The van der Waals surface area contributed by atoms with Crippen LogP contribution >= 0.6 is 0 Å². The Labute approximate surface area is 110 Å². The van der Waals surface area contributed by atoms with E-state index in [0.29, 0.717) is 13.0 Å². The first kappa shape index (κ1) is 14.9. The number of hydrogen-bond donors (Lipinski definition) is 0. The molecule has 1 unspecified atom stereocenters. The summed E-state index contributed by atoms with van der Waals surface area (Å²) in [5.41, 5.74) is 1.07. The van der Waals surface area contributed by atoms with Crippen molar-refractivity contribution in [2.45, 2.75) is 46.6 Å². The van der Waals surface area contributed by atoms with Gasteiger partial charge in [0.25, 0.3) is 0 Å². The second-order valence-corrected chi connectivity index (χ2v) is 5.65. The van der Waals surface area contributed by atoms with Crippen LogP contribution in [0.2, 0.25) is 0 Å². The highest BCUT2D eigenvalue weighted by molar-refractivity contribution is 5.84. The van der Waals surface area contributed by atoms with Crippen molar-refractivity contribution in [3.8, 4) is 0 Å². The Balaban J connectivity index is 2.57. The minimum absolute atomic E-state index is 0.135. The fourth-order valence-corrected chi connectivity index (χ4v) is 2.04. The van der Waals surface area contributed by atoms with Gasteiger partial charge in [0.15, 0.2) is 5.78 Å². The summed E-state index contributed by atoms with van der Waals surface area (Å²) >= 11 is 0. The van der Waals surface area contributed by atoms with Crippen LogP contribution in [0.25, 0.3) is 0 Å². The number of ketones is 1. The molecular formula is C16H24O2. The average Bonchev–Trinajstić information content (AvgIpc) is 2.33. The van der Waals surface area contributed by atoms with Gasteiger partial charge in [0.05, 0.1) is 0 Å². The van der Waals surface area contributed by atoms with Crippen LogP contribution < -0.4 is 0 Å². The molecule has 1 aromatic rings. The van der Waals surface area contributed by atoms with Crippen molar-refractivity contribution in [3.05, 3.63) is 35.9 Å². The first-order valence-corrected chi connectivity index (χ1v) is 6.63. The summed E-state index contributed by atoms with van der Waals surface area (Å²) in [5, 5.41) is 0. The third kappa shape index (κ3) is 4.61. The van der Waals surface area contributed by atoms with Gasteiger partial charge in [-0.2, -0.15) is 0 Å². The van der Waals surface area contributed by atoms with Crippen LogP contribution in [0, 0.1) is 5.41 Å². The zero-order valence-electron chi connectivity index (χ0n) is 11.9. The van der Waals surface area contributed by atoms with E-state index in [1.807, 2.05) is 45.9 Å². The molecule has 0 fully saturated rings. The van der Waals surface area contributed by atoms with E-state index in [0.717, 1.165) is 6.42 Å². The van der Waals surface area contributed by atoms with Crippen LogP contribution in [-0.2, 0) is 16.0 Å². The maximum atomic E-state index is 12.2. The second-order valence-electron chi connectivity index (χ2n) is 5.65. The zero-order chi connectivity index (χ0) is 13.6. The zero-order valence-corrected chi connectivity index (χ0v) is 11.9. The highest BCUT2D eigenvalue weighted by Gasteiger charge is 2.31. The normalized spacial score (nSPS) is 13.3. The molecule has 0 saturated carbocycles.